The second-order valence-electron chi connectivity index (χ2n) is 4.34. The van der Waals surface area contributed by atoms with Crippen LogP contribution in [0.5, 0.6) is 0 Å². The number of nitro groups is 1. The van der Waals surface area contributed by atoms with E-state index in [1.165, 1.54) is 0 Å². The summed E-state index contributed by atoms with van der Waals surface area (Å²) in [6.45, 7) is 0.220. The molecule has 1 aromatic carbocycles. The third kappa shape index (κ3) is 2.40. The molecule has 5 nitrogen and oxygen atoms in total. The van der Waals surface area contributed by atoms with Gasteiger partial charge in [0.05, 0.1) is 4.92 Å². The minimum absolute atomic E-state index is 0.220. The van der Waals surface area contributed by atoms with Crippen LogP contribution < -0.4 is 11.1 Å². The highest BCUT2D eigenvalue weighted by molar-refractivity contribution is 5.63. The van der Waals surface area contributed by atoms with Gasteiger partial charge >= 0.3 is 0 Å². The molecule has 3 N–H and O–H groups in total. The van der Waals surface area contributed by atoms with Gasteiger partial charge in [0.25, 0.3) is 5.69 Å². The molecule has 1 aromatic rings. The second-order valence-corrected chi connectivity index (χ2v) is 4.34. The molecular weight excluding hydrogens is 244 g/mol. The summed E-state index contributed by atoms with van der Waals surface area (Å²) >= 11 is 0. The maximum Gasteiger partial charge on any atom is 0.295 e. The summed E-state index contributed by atoms with van der Waals surface area (Å²) in [7, 11) is 0. The number of nitrogens with one attached hydrogen (secondary N) is 1. The molecule has 1 aliphatic rings. The molecule has 2 rings (SSSR count). The largest absolute Gasteiger partial charge is 0.373 e. The Kier molecular flexibility index (Phi) is 3.42. The summed E-state index contributed by atoms with van der Waals surface area (Å²) in [6.07, 6.45) is 1.89. The van der Waals surface area contributed by atoms with Gasteiger partial charge in [-0.3, -0.25) is 10.1 Å². The first-order chi connectivity index (χ1) is 8.54. The van der Waals surface area contributed by atoms with Crippen molar-refractivity contribution in [3.63, 3.8) is 0 Å². The molecule has 0 bridgehead atoms. The predicted molar refractivity (Wildman–Crippen MR) is 62.2 cm³/mol. The van der Waals surface area contributed by atoms with Crippen LogP contribution in [0.4, 0.5) is 20.2 Å². The predicted octanol–water partition coefficient (Wildman–Crippen LogP) is 2.02. The summed E-state index contributed by atoms with van der Waals surface area (Å²) in [5, 5.41) is 13.5. The number of hydrogen-bond acceptors (Lipinski definition) is 4. The van der Waals surface area contributed by atoms with Crippen LogP contribution in [-0.2, 0) is 0 Å². The Balaban J connectivity index is 2.34. The van der Waals surface area contributed by atoms with Crippen molar-refractivity contribution in [2.24, 2.45) is 11.7 Å². The van der Waals surface area contributed by atoms with Crippen molar-refractivity contribution in [1.82, 2.24) is 0 Å². The number of hydrogen-bond donors (Lipinski definition) is 2. The summed E-state index contributed by atoms with van der Waals surface area (Å²) in [6, 6.07) is 1.43. The lowest BCUT2D eigenvalue weighted by molar-refractivity contribution is -0.384. The van der Waals surface area contributed by atoms with E-state index >= 15 is 0 Å². The van der Waals surface area contributed by atoms with Gasteiger partial charge in [0.2, 0.25) is 0 Å². The molecule has 1 unspecified atom stereocenters. The maximum absolute atomic E-state index is 13.6. The summed E-state index contributed by atoms with van der Waals surface area (Å²) < 4.78 is 26.7. The molecule has 18 heavy (non-hydrogen) atoms. The number of anilines is 1. The monoisotopic (exact) mass is 257 g/mol. The van der Waals surface area contributed by atoms with Gasteiger partial charge in [-0.1, -0.05) is 0 Å². The highest BCUT2D eigenvalue weighted by Crippen LogP contribution is 2.36. The fraction of sp³-hybridized carbons (Fsp3) is 0.455. The number of nitro benzene ring substituents is 1. The normalized spacial score (nSPS) is 16.4. The molecule has 1 saturated carbocycles. The first-order valence-electron chi connectivity index (χ1n) is 5.63. The molecule has 7 heteroatoms. The number of rotatable bonds is 5. The van der Waals surface area contributed by atoms with Crippen molar-refractivity contribution >= 4 is 11.4 Å². The van der Waals surface area contributed by atoms with Gasteiger partial charge in [0.15, 0.2) is 17.3 Å². The zero-order valence-electron chi connectivity index (χ0n) is 9.53. The lowest BCUT2D eigenvalue weighted by atomic mass is 10.1. The van der Waals surface area contributed by atoms with Crippen LogP contribution in [0.1, 0.15) is 12.8 Å². The third-order valence-corrected chi connectivity index (χ3v) is 3.04. The highest BCUT2D eigenvalue weighted by atomic mass is 19.2. The van der Waals surface area contributed by atoms with Gasteiger partial charge in [0, 0.05) is 18.7 Å². The van der Waals surface area contributed by atoms with Gasteiger partial charge in [-0.05, 0) is 24.8 Å². The van der Waals surface area contributed by atoms with E-state index in [9.17, 15) is 18.9 Å². The van der Waals surface area contributed by atoms with E-state index in [2.05, 4.69) is 5.32 Å². The van der Waals surface area contributed by atoms with Gasteiger partial charge in [-0.2, -0.15) is 0 Å². The number of nitrogens with two attached hydrogens (primary N) is 1. The standard InChI is InChI=1S/C11H13F2N3O2/c12-7-3-4-9(16(17)18)11(10(7)13)15-8(5-14)6-1-2-6/h3-4,6,8,15H,1-2,5,14H2. The average molecular weight is 257 g/mol. The number of nitrogens with zero attached hydrogens (tertiary/aromatic N) is 1. The molecule has 1 atom stereocenters. The Morgan fingerprint density at radius 2 is 2.17 bits per heavy atom. The minimum atomic E-state index is -1.23. The SMILES string of the molecule is NCC(Nc1c([N+](=O)[O-])ccc(F)c1F)C1CC1. The van der Waals surface area contributed by atoms with E-state index < -0.39 is 27.9 Å². The number of halogens is 2. The van der Waals surface area contributed by atoms with E-state index in [0.717, 1.165) is 25.0 Å². The first kappa shape index (κ1) is 12.7. The van der Waals surface area contributed by atoms with E-state index in [1.807, 2.05) is 0 Å². The zero-order valence-corrected chi connectivity index (χ0v) is 9.53. The van der Waals surface area contributed by atoms with E-state index in [0.29, 0.717) is 0 Å². The number of benzene rings is 1. The van der Waals surface area contributed by atoms with Gasteiger partial charge in [-0.15, -0.1) is 0 Å². The first-order valence-corrected chi connectivity index (χ1v) is 5.63. The van der Waals surface area contributed by atoms with E-state index in [-0.39, 0.29) is 18.5 Å². The van der Waals surface area contributed by atoms with Gasteiger partial charge < -0.3 is 11.1 Å². The van der Waals surface area contributed by atoms with E-state index in [4.69, 9.17) is 5.73 Å². The Bertz CT molecular complexity index is 478. The van der Waals surface area contributed by atoms with Crippen molar-refractivity contribution in [1.29, 1.82) is 0 Å². The summed E-state index contributed by atoms with van der Waals surface area (Å²) in [5.74, 6) is -2.07. The van der Waals surface area contributed by atoms with Gasteiger partial charge in [-0.25, -0.2) is 8.78 Å². The molecule has 0 spiro atoms. The smallest absolute Gasteiger partial charge is 0.295 e. The molecule has 0 saturated heterocycles. The quantitative estimate of drug-likeness (QED) is 0.624. The van der Waals surface area contributed by atoms with Crippen LogP contribution in [0, 0.1) is 27.7 Å². The highest BCUT2D eigenvalue weighted by Gasteiger charge is 2.33. The molecule has 0 amide bonds. The van der Waals surface area contributed by atoms with Crippen LogP contribution in [0.3, 0.4) is 0 Å². The fourth-order valence-corrected chi connectivity index (χ4v) is 1.88. The summed E-state index contributed by atoms with van der Waals surface area (Å²) in [4.78, 5) is 10.0. The Hall–Kier alpha value is -1.76. The van der Waals surface area contributed by atoms with Crippen molar-refractivity contribution < 1.29 is 13.7 Å². The Morgan fingerprint density at radius 1 is 1.50 bits per heavy atom. The molecule has 98 valence electrons. The van der Waals surface area contributed by atoms with Crippen LogP contribution in [0.2, 0.25) is 0 Å². The second kappa shape index (κ2) is 4.85. The maximum atomic E-state index is 13.6. The molecule has 0 aromatic heterocycles. The van der Waals surface area contributed by atoms with Crippen molar-refractivity contribution in [2.45, 2.75) is 18.9 Å². The van der Waals surface area contributed by atoms with Gasteiger partial charge in [0.1, 0.15) is 0 Å². The lowest BCUT2D eigenvalue weighted by Crippen LogP contribution is -2.31. The van der Waals surface area contributed by atoms with Crippen LogP contribution in [0.15, 0.2) is 12.1 Å². The van der Waals surface area contributed by atoms with Crippen molar-refractivity contribution in [3.05, 3.63) is 33.9 Å². The average Bonchev–Trinajstić information content (AvgIpc) is 3.14. The molecule has 1 fully saturated rings. The third-order valence-electron chi connectivity index (χ3n) is 3.04. The van der Waals surface area contributed by atoms with Crippen LogP contribution in [-0.4, -0.2) is 17.5 Å². The fourth-order valence-electron chi connectivity index (χ4n) is 1.88. The molecule has 0 aliphatic heterocycles. The van der Waals surface area contributed by atoms with E-state index in [1.54, 1.807) is 0 Å². The minimum Gasteiger partial charge on any atom is -0.373 e. The summed E-state index contributed by atoms with van der Waals surface area (Å²) in [5.41, 5.74) is 4.63. The molecule has 1 aliphatic carbocycles. The van der Waals surface area contributed by atoms with Crippen LogP contribution >= 0.6 is 0 Å². The molecule has 0 heterocycles. The van der Waals surface area contributed by atoms with Crippen molar-refractivity contribution in [2.75, 3.05) is 11.9 Å². The molecular formula is C11H13F2N3O2. The Labute approximate surface area is 102 Å². The van der Waals surface area contributed by atoms with Crippen LogP contribution in [0.25, 0.3) is 0 Å². The molecule has 0 radical (unpaired) electrons. The lowest BCUT2D eigenvalue weighted by Gasteiger charge is -2.17. The zero-order chi connectivity index (χ0) is 13.3. The Morgan fingerprint density at radius 3 is 2.67 bits per heavy atom. The topological polar surface area (TPSA) is 81.2 Å². The van der Waals surface area contributed by atoms with Crippen molar-refractivity contribution in [3.8, 4) is 0 Å².